The van der Waals surface area contributed by atoms with Crippen LogP contribution in [0, 0.1) is 0 Å². The van der Waals surface area contributed by atoms with E-state index in [1.54, 1.807) is 0 Å². The molecule has 3 aromatic heterocycles. The molecule has 0 spiro atoms. The number of aromatic nitrogens is 2. The van der Waals surface area contributed by atoms with E-state index < -0.39 is 21.1 Å². The highest BCUT2D eigenvalue weighted by molar-refractivity contribution is 7.89. The summed E-state index contributed by atoms with van der Waals surface area (Å²) in [4.78, 5) is 16.6. The van der Waals surface area contributed by atoms with Gasteiger partial charge in [0, 0.05) is 0 Å². The molecule has 0 aromatic carbocycles. The number of carbonyl (C=O) groups is 1. The zero-order chi connectivity index (χ0) is 16.4. The number of esters is 1. The van der Waals surface area contributed by atoms with Gasteiger partial charge >= 0.3 is 5.97 Å². The third-order valence-electron chi connectivity index (χ3n) is 2.60. The molecule has 0 aliphatic heterocycles. The maximum absolute atomic E-state index is 11.8. The minimum atomic E-state index is -4.02. The first kappa shape index (κ1) is 15.4. The molecule has 0 fully saturated rings. The zero-order valence-electron chi connectivity index (χ0n) is 11.3. The summed E-state index contributed by atoms with van der Waals surface area (Å²) < 4.78 is 36.9. The van der Waals surface area contributed by atoms with Crippen LogP contribution in [0.4, 0.5) is 0 Å². The fourth-order valence-corrected chi connectivity index (χ4v) is 2.71. The second-order valence-corrected chi connectivity index (χ2v) is 6.67. The molecule has 0 radical (unpaired) electrons. The van der Waals surface area contributed by atoms with E-state index in [9.17, 15) is 13.2 Å². The Morgan fingerprint density at radius 2 is 2.17 bits per heavy atom. The molecule has 0 saturated heterocycles. The van der Waals surface area contributed by atoms with Gasteiger partial charge in [0.05, 0.1) is 4.88 Å². The van der Waals surface area contributed by atoms with Crippen molar-refractivity contribution in [3.63, 3.8) is 0 Å². The van der Waals surface area contributed by atoms with Crippen molar-refractivity contribution in [2.45, 2.75) is 11.7 Å². The molecule has 11 heteroatoms. The standard InChI is InChI=1S/C12H9N3O6S2/c13-23(17,18)10-4-3-7(20-10)12(16)19-6-9-14-11(21-15-9)8-2-1-5-22-8/h1-5H,6H2,(H2,13,17,18). The third kappa shape index (κ3) is 3.47. The Bertz CT molecular complexity index is 926. The van der Waals surface area contributed by atoms with Gasteiger partial charge in [0.15, 0.2) is 6.61 Å². The molecule has 3 rings (SSSR count). The Morgan fingerprint density at radius 1 is 1.35 bits per heavy atom. The fraction of sp³-hybridized carbons (Fsp3) is 0.0833. The van der Waals surface area contributed by atoms with Gasteiger partial charge in [-0.05, 0) is 23.6 Å². The predicted molar refractivity (Wildman–Crippen MR) is 76.8 cm³/mol. The van der Waals surface area contributed by atoms with Gasteiger partial charge in [0.25, 0.3) is 15.9 Å². The van der Waals surface area contributed by atoms with Gasteiger partial charge in [-0.15, -0.1) is 11.3 Å². The van der Waals surface area contributed by atoms with Crippen molar-refractivity contribution in [3.8, 4) is 10.8 Å². The molecule has 0 amide bonds. The molecular weight excluding hydrogens is 346 g/mol. The smallest absolute Gasteiger partial charge is 0.374 e. The molecule has 2 N–H and O–H groups in total. The Hall–Kier alpha value is -2.50. The Kier molecular flexibility index (Phi) is 3.98. The number of sulfonamides is 1. The van der Waals surface area contributed by atoms with Gasteiger partial charge in [0.2, 0.25) is 16.7 Å². The van der Waals surface area contributed by atoms with Gasteiger partial charge in [-0.3, -0.25) is 0 Å². The third-order valence-corrected chi connectivity index (χ3v) is 4.23. The minimum absolute atomic E-state index is 0.167. The summed E-state index contributed by atoms with van der Waals surface area (Å²) >= 11 is 1.43. The van der Waals surface area contributed by atoms with Crippen LogP contribution in [0.3, 0.4) is 0 Å². The molecule has 0 bridgehead atoms. The summed E-state index contributed by atoms with van der Waals surface area (Å²) in [6.45, 7) is -0.251. The van der Waals surface area contributed by atoms with Gasteiger partial charge in [0.1, 0.15) is 0 Å². The fourth-order valence-electron chi connectivity index (χ4n) is 1.60. The second-order valence-electron chi connectivity index (χ2n) is 4.23. The Balaban J connectivity index is 1.64. The first-order valence-electron chi connectivity index (χ1n) is 6.10. The lowest BCUT2D eigenvalue weighted by Crippen LogP contribution is -2.11. The lowest BCUT2D eigenvalue weighted by Gasteiger charge is -1.98. The van der Waals surface area contributed by atoms with E-state index >= 15 is 0 Å². The molecule has 0 aliphatic rings. The van der Waals surface area contributed by atoms with Crippen molar-refractivity contribution < 1.29 is 26.9 Å². The summed E-state index contributed by atoms with van der Waals surface area (Å²) in [6.07, 6.45) is 0. The van der Waals surface area contributed by atoms with E-state index in [1.807, 2.05) is 17.5 Å². The number of nitrogens with two attached hydrogens (primary N) is 1. The minimum Gasteiger partial charge on any atom is -0.451 e. The molecule has 3 heterocycles. The number of thiophene rings is 1. The number of ether oxygens (including phenoxy) is 1. The average Bonchev–Trinajstić information content (AvgIpc) is 3.22. The number of hydrogen-bond acceptors (Lipinski definition) is 9. The average molecular weight is 355 g/mol. The van der Waals surface area contributed by atoms with Crippen LogP contribution in [0.5, 0.6) is 0 Å². The molecule has 0 saturated carbocycles. The van der Waals surface area contributed by atoms with Crippen molar-refractivity contribution in [1.82, 2.24) is 10.1 Å². The maximum atomic E-state index is 11.8. The van der Waals surface area contributed by atoms with Crippen LogP contribution in [0.25, 0.3) is 10.8 Å². The van der Waals surface area contributed by atoms with E-state index in [0.29, 0.717) is 5.89 Å². The Morgan fingerprint density at radius 3 is 2.83 bits per heavy atom. The number of primary sulfonamides is 1. The summed E-state index contributed by atoms with van der Waals surface area (Å²) in [5.41, 5.74) is 0. The summed E-state index contributed by atoms with van der Waals surface area (Å²) in [5.74, 6) is -0.682. The number of furan rings is 1. The van der Waals surface area contributed by atoms with Crippen LogP contribution in [-0.2, 0) is 21.4 Å². The first-order valence-corrected chi connectivity index (χ1v) is 8.52. The summed E-state index contributed by atoms with van der Waals surface area (Å²) in [7, 11) is -4.02. The molecule has 0 atom stereocenters. The SMILES string of the molecule is NS(=O)(=O)c1ccc(C(=O)OCc2noc(-c3cccs3)n2)o1. The second kappa shape index (κ2) is 5.95. The van der Waals surface area contributed by atoms with Crippen molar-refractivity contribution >= 4 is 27.3 Å². The molecule has 0 aliphatic carbocycles. The van der Waals surface area contributed by atoms with E-state index in [0.717, 1.165) is 17.0 Å². The van der Waals surface area contributed by atoms with Crippen LogP contribution in [0.1, 0.15) is 16.4 Å². The van der Waals surface area contributed by atoms with Gasteiger partial charge in [-0.1, -0.05) is 11.2 Å². The first-order chi connectivity index (χ1) is 10.9. The van der Waals surface area contributed by atoms with Crippen molar-refractivity contribution in [1.29, 1.82) is 0 Å². The van der Waals surface area contributed by atoms with Crippen molar-refractivity contribution in [3.05, 3.63) is 41.2 Å². The van der Waals surface area contributed by atoms with Gasteiger partial charge in [-0.25, -0.2) is 18.4 Å². The van der Waals surface area contributed by atoms with E-state index in [4.69, 9.17) is 18.8 Å². The number of hydrogen-bond donors (Lipinski definition) is 1. The van der Waals surface area contributed by atoms with Crippen LogP contribution in [0.15, 0.2) is 43.7 Å². The van der Waals surface area contributed by atoms with E-state index in [1.165, 1.54) is 11.3 Å². The predicted octanol–water partition coefficient (Wildman–Crippen LogP) is 1.40. The maximum Gasteiger partial charge on any atom is 0.374 e. The molecule has 3 aromatic rings. The van der Waals surface area contributed by atoms with Crippen LogP contribution >= 0.6 is 11.3 Å². The molecule has 0 unspecified atom stereocenters. The lowest BCUT2D eigenvalue weighted by molar-refractivity contribution is 0.0417. The summed E-state index contributed by atoms with van der Waals surface area (Å²) in [5, 5.41) is 9.89. The highest BCUT2D eigenvalue weighted by Gasteiger charge is 2.19. The monoisotopic (exact) mass is 355 g/mol. The Labute approximate surface area is 133 Å². The van der Waals surface area contributed by atoms with Crippen molar-refractivity contribution in [2.75, 3.05) is 0 Å². The molecule has 120 valence electrons. The molecule has 23 heavy (non-hydrogen) atoms. The summed E-state index contributed by atoms with van der Waals surface area (Å²) in [6, 6.07) is 5.86. The highest BCUT2D eigenvalue weighted by Crippen LogP contribution is 2.22. The highest BCUT2D eigenvalue weighted by atomic mass is 32.2. The number of carbonyl (C=O) groups excluding carboxylic acids is 1. The molecule has 9 nitrogen and oxygen atoms in total. The van der Waals surface area contributed by atoms with Crippen LogP contribution in [0.2, 0.25) is 0 Å². The quantitative estimate of drug-likeness (QED) is 0.677. The van der Waals surface area contributed by atoms with Gasteiger partial charge < -0.3 is 13.7 Å². The topological polar surface area (TPSA) is 139 Å². The van der Waals surface area contributed by atoms with Gasteiger partial charge in [-0.2, -0.15) is 4.98 Å². The normalized spacial score (nSPS) is 11.5. The van der Waals surface area contributed by atoms with Crippen LogP contribution in [-0.4, -0.2) is 24.5 Å². The number of nitrogens with zero attached hydrogens (tertiary/aromatic N) is 2. The lowest BCUT2D eigenvalue weighted by atomic mass is 10.4. The van der Waals surface area contributed by atoms with E-state index in [-0.39, 0.29) is 18.2 Å². The number of rotatable bonds is 5. The van der Waals surface area contributed by atoms with E-state index in [2.05, 4.69) is 10.1 Å². The zero-order valence-corrected chi connectivity index (χ0v) is 13.0. The van der Waals surface area contributed by atoms with Crippen LogP contribution < -0.4 is 5.14 Å². The largest absolute Gasteiger partial charge is 0.451 e. The van der Waals surface area contributed by atoms with Crippen molar-refractivity contribution in [2.24, 2.45) is 5.14 Å². The molecular formula is C12H9N3O6S2.